The quantitative estimate of drug-likeness (QED) is 0.793. The van der Waals surface area contributed by atoms with Crippen molar-refractivity contribution in [3.63, 3.8) is 0 Å². The first-order valence-corrected chi connectivity index (χ1v) is 10.8. The average molecular weight is 408 g/mol. The van der Waals surface area contributed by atoms with Crippen LogP contribution in [0.1, 0.15) is 48.0 Å². The number of nitrogens with zero attached hydrogens (tertiary/aromatic N) is 3. The molecule has 0 spiro atoms. The molecule has 3 heterocycles. The van der Waals surface area contributed by atoms with E-state index >= 15 is 0 Å². The lowest BCUT2D eigenvalue weighted by Gasteiger charge is -2.26. The molecule has 0 bridgehead atoms. The van der Waals surface area contributed by atoms with E-state index < -0.39 is 0 Å². The summed E-state index contributed by atoms with van der Waals surface area (Å²) < 4.78 is 0. The molecule has 2 saturated heterocycles. The van der Waals surface area contributed by atoms with Gasteiger partial charge in [-0.15, -0.1) is 0 Å². The zero-order valence-electron chi connectivity index (χ0n) is 17.3. The molecule has 7 heteroatoms. The first-order chi connectivity index (χ1) is 14.7. The van der Waals surface area contributed by atoms with Crippen molar-refractivity contribution in [2.75, 3.05) is 36.4 Å². The smallest absolute Gasteiger partial charge is 0.319 e. The van der Waals surface area contributed by atoms with E-state index in [2.05, 4.69) is 20.5 Å². The number of urea groups is 1. The molecule has 2 N–H and O–H groups in total. The molecule has 2 aliphatic rings. The third-order valence-corrected chi connectivity index (χ3v) is 5.70. The topological polar surface area (TPSA) is 77.6 Å². The lowest BCUT2D eigenvalue weighted by atomic mass is 10.1. The van der Waals surface area contributed by atoms with Gasteiger partial charge in [-0.25, -0.2) is 9.78 Å². The second-order valence-corrected chi connectivity index (χ2v) is 7.96. The Bertz CT molecular complexity index is 889. The first-order valence-electron chi connectivity index (χ1n) is 10.8. The Hall–Kier alpha value is -3.09. The van der Waals surface area contributed by atoms with Gasteiger partial charge in [-0.2, -0.15) is 0 Å². The predicted octanol–water partition coefficient (Wildman–Crippen LogP) is 3.63. The lowest BCUT2D eigenvalue weighted by Crippen LogP contribution is -2.35. The van der Waals surface area contributed by atoms with Gasteiger partial charge >= 0.3 is 6.03 Å². The van der Waals surface area contributed by atoms with Gasteiger partial charge in [0.05, 0.1) is 0 Å². The Morgan fingerprint density at radius 1 is 0.933 bits per heavy atom. The van der Waals surface area contributed by atoms with E-state index in [-0.39, 0.29) is 11.9 Å². The van der Waals surface area contributed by atoms with E-state index in [1.54, 1.807) is 30.5 Å². The Morgan fingerprint density at radius 3 is 2.50 bits per heavy atom. The Morgan fingerprint density at radius 2 is 1.70 bits per heavy atom. The summed E-state index contributed by atoms with van der Waals surface area (Å²) in [5.41, 5.74) is 2.23. The fourth-order valence-electron chi connectivity index (χ4n) is 4.06. The Labute approximate surface area is 177 Å². The summed E-state index contributed by atoms with van der Waals surface area (Å²) in [4.78, 5) is 33.7. The number of anilines is 2. The highest BCUT2D eigenvalue weighted by atomic mass is 16.2. The fraction of sp³-hybridized carbons (Fsp3) is 0.435. The Balaban J connectivity index is 1.32. The van der Waals surface area contributed by atoms with Gasteiger partial charge in [-0.1, -0.05) is 6.07 Å². The van der Waals surface area contributed by atoms with Crippen molar-refractivity contribution in [3.8, 4) is 0 Å². The molecule has 4 rings (SSSR count). The fourth-order valence-corrected chi connectivity index (χ4v) is 4.06. The van der Waals surface area contributed by atoms with Crippen LogP contribution in [-0.4, -0.2) is 48.0 Å². The summed E-state index contributed by atoms with van der Waals surface area (Å²) in [7, 11) is 0. The molecule has 2 aliphatic heterocycles. The molecule has 0 unspecified atom stereocenters. The van der Waals surface area contributed by atoms with Gasteiger partial charge in [-0.3, -0.25) is 4.79 Å². The number of likely N-dealkylation sites (tertiary alicyclic amines) is 1. The molecular formula is C23H29N5O2. The number of amides is 3. The maximum absolute atomic E-state index is 12.7. The number of aromatic nitrogens is 1. The summed E-state index contributed by atoms with van der Waals surface area (Å²) in [5, 5.41) is 5.72. The molecule has 1 aromatic carbocycles. The molecule has 158 valence electrons. The monoisotopic (exact) mass is 407 g/mol. The van der Waals surface area contributed by atoms with Crippen LogP contribution >= 0.6 is 0 Å². The molecule has 2 aromatic rings. The zero-order valence-corrected chi connectivity index (χ0v) is 17.3. The minimum absolute atomic E-state index is 0.0324. The van der Waals surface area contributed by atoms with Crippen LogP contribution in [0, 0.1) is 0 Å². The second kappa shape index (κ2) is 9.61. The minimum atomic E-state index is -0.294. The number of nitrogens with one attached hydrogen (secondary N) is 2. The highest BCUT2D eigenvalue weighted by Crippen LogP contribution is 2.19. The molecule has 30 heavy (non-hydrogen) atoms. The second-order valence-electron chi connectivity index (χ2n) is 7.96. The van der Waals surface area contributed by atoms with Crippen LogP contribution in [-0.2, 0) is 6.54 Å². The van der Waals surface area contributed by atoms with Crippen molar-refractivity contribution in [2.24, 2.45) is 0 Å². The first kappa shape index (κ1) is 20.2. The molecule has 0 radical (unpaired) electrons. The van der Waals surface area contributed by atoms with Crippen LogP contribution < -0.4 is 15.5 Å². The molecule has 0 aliphatic carbocycles. The van der Waals surface area contributed by atoms with Crippen molar-refractivity contribution >= 4 is 23.4 Å². The molecule has 0 atom stereocenters. The Kier molecular flexibility index (Phi) is 6.47. The summed E-state index contributed by atoms with van der Waals surface area (Å²) in [5.74, 6) is 1.00. The van der Waals surface area contributed by atoms with Gasteiger partial charge in [0.25, 0.3) is 5.91 Å². The van der Waals surface area contributed by atoms with Crippen molar-refractivity contribution in [1.82, 2.24) is 15.2 Å². The summed E-state index contributed by atoms with van der Waals surface area (Å²) in [6.07, 6.45) is 7.49. The molecule has 0 saturated carbocycles. The van der Waals surface area contributed by atoms with Crippen LogP contribution in [0.2, 0.25) is 0 Å². The number of piperidine rings is 1. The van der Waals surface area contributed by atoms with Crippen LogP contribution in [0.3, 0.4) is 0 Å². The van der Waals surface area contributed by atoms with E-state index in [1.165, 1.54) is 19.3 Å². The van der Waals surface area contributed by atoms with Crippen molar-refractivity contribution in [2.45, 2.75) is 38.6 Å². The normalized spacial score (nSPS) is 16.4. The SMILES string of the molecule is O=C(NCc1ccnc(N2CCCC2)c1)Nc1cccc(C(=O)N2CCCCC2)c1. The van der Waals surface area contributed by atoms with E-state index in [4.69, 9.17) is 0 Å². The van der Waals surface area contributed by atoms with E-state index in [9.17, 15) is 9.59 Å². The van der Waals surface area contributed by atoms with Crippen LogP contribution in [0.25, 0.3) is 0 Å². The molecule has 7 nitrogen and oxygen atoms in total. The summed E-state index contributed by atoms with van der Waals surface area (Å²) in [6, 6.07) is 10.8. The summed E-state index contributed by atoms with van der Waals surface area (Å²) >= 11 is 0. The van der Waals surface area contributed by atoms with Crippen LogP contribution in [0.5, 0.6) is 0 Å². The number of carbonyl (C=O) groups excluding carboxylic acids is 2. The molecular weight excluding hydrogens is 378 g/mol. The van der Waals surface area contributed by atoms with Gasteiger partial charge in [0.1, 0.15) is 5.82 Å². The van der Waals surface area contributed by atoms with Gasteiger partial charge < -0.3 is 20.4 Å². The average Bonchev–Trinajstić information content (AvgIpc) is 3.33. The lowest BCUT2D eigenvalue weighted by molar-refractivity contribution is 0.0724. The maximum atomic E-state index is 12.7. The number of benzene rings is 1. The number of hydrogen-bond acceptors (Lipinski definition) is 4. The van der Waals surface area contributed by atoms with Crippen LogP contribution in [0.4, 0.5) is 16.3 Å². The number of rotatable bonds is 5. The van der Waals surface area contributed by atoms with Crippen molar-refractivity contribution in [3.05, 3.63) is 53.7 Å². The standard InChI is InChI=1S/C23H29N5O2/c29-22(28-13-2-1-3-14-28)19-7-6-8-20(16-19)26-23(30)25-17-18-9-10-24-21(15-18)27-11-4-5-12-27/h6-10,15-16H,1-5,11-14,17H2,(H2,25,26,30). The molecule has 3 amide bonds. The third-order valence-electron chi connectivity index (χ3n) is 5.70. The van der Waals surface area contributed by atoms with E-state index in [1.807, 2.05) is 17.0 Å². The van der Waals surface area contributed by atoms with Gasteiger partial charge in [0, 0.05) is 50.2 Å². The highest BCUT2D eigenvalue weighted by molar-refractivity contribution is 5.97. The number of hydrogen-bond donors (Lipinski definition) is 2. The van der Waals surface area contributed by atoms with E-state index in [0.717, 1.165) is 50.4 Å². The van der Waals surface area contributed by atoms with Crippen molar-refractivity contribution in [1.29, 1.82) is 0 Å². The number of pyridine rings is 1. The van der Waals surface area contributed by atoms with Gasteiger partial charge in [0.15, 0.2) is 0 Å². The predicted molar refractivity (Wildman–Crippen MR) is 118 cm³/mol. The van der Waals surface area contributed by atoms with E-state index in [0.29, 0.717) is 17.8 Å². The minimum Gasteiger partial charge on any atom is -0.357 e. The number of carbonyl (C=O) groups is 2. The maximum Gasteiger partial charge on any atom is 0.319 e. The zero-order chi connectivity index (χ0) is 20.8. The summed E-state index contributed by atoms with van der Waals surface area (Å²) in [6.45, 7) is 4.11. The highest BCUT2D eigenvalue weighted by Gasteiger charge is 2.18. The van der Waals surface area contributed by atoms with Gasteiger partial charge in [0.2, 0.25) is 0 Å². The molecule has 1 aromatic heterocycles. The molecule has 2 fully saturated rings. The van der Waals surface area contributed by atoms with Gasteiger partial charge in [-0.05, 0) is 68.0 Å². The van der Waals surface area contributed by atoms with Crippen LogP contribution in [0.15, 0.2) is 42.6 Å². The largest absolute Gasteiger partial charge is 0.357 e. The third kappa shape index (κ3) is 5.09. The van der Waals surface area contributed by atoms with Crippen molar-refractivity contribution < 1.29 is 9.59 Å².